The number of anilines is 2. The zero-order valence-electron chi connectivity index (χ0n) is 16.5. The van der Waals surface area contributed by atoms with Gasteiger partial charge in [-0.3, -0.25) is 14.4 Å². The topological polar surface area (TPSA) is 84.5 Å². The van der Waals surface area contributed by atoms with Gasteiger partial charge in [-0.05, 0) is 49.2 Å². The van der Waals surface area contributed by atoms with E-state index in [-0.39, 0.29) is 30.9 Å². The van der Waals surface area contributed by atoms with Crippen molar-refractivity contribution in [2.75, 3.05) is 17.2 Å². The van der Waals surface area contributed by atoms with E-state index in [9.17, 15) is 27.6 Å². The van der Waals surface area contributed by atoms with E-state index in [1.54, 1.807) is 18.2 Å². The van der Waals surface area contributed by atoms with Crippen LogP contribution in [-0.4, -0.2) is 24.4 Å². The second kappa shape index (κ2) is 10.8. The number of hydrogen-bond donors (Lipinski definition) is 2. The van der Waals surface area contributed by atoms with Crippen molar-refractivity contribution in [2.45, 2.75) is 32.4 Å². The Hall–Kier alpha value is -3.07. The Bertz CT molecular complexity index is 964. The highest BCUT2D eigenvalue weighted by atomic mass is 35.5. The zero-order valence-corrected chi connectivity index (χ0v) is 17.3. The van der Waals surface area contributed by atoms with Gasteiger partial charge in [0, 0.05) is 29.2 Å². The smallest absolute Gasteiger partial charge is 0.416 e. The largest absolute Gasteiger partial charge is 0.456 e. The minimum Gasteiger partial charge on any atom is -0.456 e. The Kier molecular flexibility index (Phi) is 8.44. The van der Waals surface area contributed by atoms with Gasteiger partial charge < -0.3 is 15.4 Å². The molecule has 0 heterocycles. The quantitative estimate of drug-likeness (QED) is 0.550. The van der Waals surface area contributed by atoms with Crippen molar-refractivity contribution in [1.29, 1.82) is 0 Å². The Balaban J connectivity index is 1.69. The molecule has 2 rings (SSSR count). The summed E-state index contributed by atoms with van der Waals surface area (Å²) in [6, 6.07) is 9.18. The highest BCUT2D eigenvalue weighted by Crippen LogP contribution is 2.30. The molecule has 2 amide bonds. The molecule has 0 fully saturated rings. The minimum absolute atomic E-state index is 0.0526. The van der Waals surface area contributed by atoms with Crippen molar-refractivity contribution in [3.05, 3.63) is 58.6 Å². The molecule has 31 heavy (non-hydrogen) atoms. The highest BCUT2D eigenvalue weighted by molar-refractivity contribution is 6.31. The van der Waals surface area contributed by atoms with Gasteiger partial charge >= 0.3 is 12.1 Å². The fraction of sp³-hybridized carbons (Fsp3) is 0.286. The molecule has 6 nitrogen and oxygen atoms in total. The molecule has 0 saturated heterocycles. The molecule has 0 unspecified atom stereocenters. The van der Waals surface area contributed by atoms with E-state index in [0.717, 1.165) is 23.8 Å². The van der Waals surface area contributed by atoms with E-state index in [4.69, 9.17) is 16.3 Å². The fourth-order valence-electron chi connectivity index (χ4n) is 2.48. The molecule has 0 aromatic heterocycles. The van der Waals surface area contributed by atoms with Gasteiger partial charge in [0.25, 0.3) is 5.91 Å². The number of nitrogens with one attached hydrogen (secondary N) is 2. The van der Waals surface area contributed by atoms with Crippen LogP contribution in [0, 0.1) is 6.92 Å². The lowest BCUT2D eigenvalue weighted by Gasteiger charge is -2.10. The normalized spacial score (nSPS) is 11.0. The van der Waals surface area contributed by atoms with Crippen LogP contribution < -0.4 is 10.6 Å². The molecule has 0 spiro atoms. The van der Waals surface area contributed by atoms with Crippen LogP contribution in [0.3, 0.4) is 0 Å². The molecule has 0 atom stereocenters. The van der Waals surface area contributed by atoms with Gasteiger partial charge in [0.2, 0.25) is 5.91 Å². The number of carbonyl (C=O) groups excluding carboxylic acids is 3. The van der Waals surface area contributed by atoms with Crippen LogP contribution in [0.5, 0.6) is 0 Å². The van der Waals surface area contributed by atoms with Gasteiger partial charge in [0.1, 0.15) is 0 Å². The maximum absolute atomic E-state index is 12.7. The number of alkyl halides is 3. The van der Waals surface area contributed by atoms with Crippen molar-refractivity contribution in [1.82, 2.24) is 0 Å². The van der Waals surface area contributed by atoms with Crippen LogP contribution in [-0.2, 0) is 25.3 Å². The summed E-state index contributed by atoms with van der Waals surface area (Å²) >= 11 is 5.99. The monoisotopic (exact) mass is 456 g/mol. The fourth-order valence-corrected chi connectivity index (χ4v) is 2.66. The molecule has 2 aromatic carbocycles. The molecule has 0 aliphatic heterocycles. The van der Waals surface area contributed by atoms with Gasteiger partial charge in [-0.2, -0.15) is 13.2 Å². The molecule has 0 saturated carbocycles. The lowest BCUT2D eigenvalue weighted by atomic mass is 10.2. The minimum atomic E-state index is -4.54. The maximum atomic E-state index is 12.7. The molecule has 0 aliphatic carbocycles. The molecular formula is C21H20ClF3N2O4. The number of benzene rings is 2. The molecule has 0 bridgehead atoms. The van der Waals surface area contributed by atoms with Crippen molar-refractivity contribution < 1.29 is 32.3 Å². The van der Waals surface area contributed by atoms with Gasteiger partial charge in [-0.25, -0.2) is 0 Å². The summed E-state index contributed by atoms with van der Waals surface area (Å²) in [5, 5.41) is 5.40. The number of aryl methyl sites for hydroxylation is 1. The SMILES string of the molecule is Cc1ccc(NC(=O)CCCC(=O)OCC(=O)Nc2cccc(C(F)(F)F)c2)cc1Cl. The average molecular weight is 457 g/mol. The van der Waals surface area contributed by atoms with E-state index in [2.05, 4.69) is 10.6 Å². The highest BCUT2D eigenvalue weighted by Gasteiger charge is 2.30. The predicted octanol–water partition coefficient (Wildman–Crippen LogP) is 4.96. The Labute approximate surface area is 181 Å². The number of hydrogen-bond acceptors (Lipinski definition) is 4. The van der Waals surface area contributed by atoms with Crippen molar-refractivity contribution in [3.63, 3.8) is 0 Å². The number of rotatable bonds is 8. The van der Waals surface area contributed by atoms with Crippen molar-refractivity contribution in [3.8, 4) is 0 Å². The maximum Gasteiger partial charge on any atom is 0.416 e. The molecule has 166 valence electrons. The van der Waals surface area contributed by atoms with Crippen LogP contribution in [0.2, 0.25) is 5.02 Å². The first-order valence-electron chi connectivity index (χ1n) is 9.23. The van der Waals surface area contributed by atoms with Crippen LogP contribution >= 0.6 is 11.6 Å². The second-order valence-corrected chi connectivity index (χ2v) is 7.06. The zero-order chi connectivity index (χ0) is 23.0. The predicted molar refractivity (Wildman–Crippen MR) is 110 cm³/mol. The molecule has 10 heteroatoms. The summed E-state index contributed by atoms with van der Waals surface area (Å²) in [4.78, 5) is 35.4. The Morgan fingerprint density at radius 3 is 2.32 bits per heavy atom. The van der Waals surface area contributed by atoms with E-state index in [1.807, 2.05) is 6.92 Å². The van der Waals surface area contributed by atoms with E-state index in [1.165, 1.54) is 6.07 Å². The number of carbonyl (C=O) groups is 3. The number of esters is 1. The number of ether oxygens (including phenoxy) is 1. The van der Waals surface area contributed by atoms with E-state index >= 15 is 0 Å². The second-order valence-electron chi connectivity index (χ2n) is 6.65. The molecule has 2 aromatic rings. The van der Waals surface area contributed by atoms with Crippen LogP contribution in [0.4, 0.5) is 24.5 Å². The lowest BCUT2D eigenvalue weighted by Crippen LogP contribution is -2.21. The van der Waals surface area contributed by atoms with Crippen LogP contribution in [0.1, 0.15) is 30.4 Å². The standard InChI is InChI=1S/C21H20ClF3N2O4/c1-13-8-9-16(11-17(13)22)26-18(28)6-3-7-20(30)31-12-19(29)27-15-5-2-4-14(10-15)21(23,24)25/h2,4-5,8-11H,3,6-7,12H2,1H3,(H,26,28)(H,27,29). The Morgan fingerprint density at radius 2 is 1.65 bits per heavy atom. The number of amides is 2. The first kappa shape index (κ1) is 24.2. The summed E-state index contributed by atoms with van der Waals surface area (Å²) in [6.07, 6.45) is -4.39. The summed E-state index contributed by atoms with van der Waals surface area (Å²) < 4.78 is 42.8. The number of halogens is 4. The van der Waals surface area contributed by atoms with Crippen molar-refractivity contribution >= 4 is 40.8 Å². The summed E-state index contributed by atoms with van der Waals surface area (Å²) in [5.41, 5.74) is 0.436. The third kappa shape index (κ3) is 8.29. The molecule has 0 radical (unpaired) electrons. The van der Waals surface area contributed by atoms with Crippen LogP contribution in [0.15, 0.2) is 42.5 Å². The first-order chi connectivity index (χ1) is 14.5. The molecular weight excluding hydrogens is 437 g/mol. The first-order valence-corrected chi connectivity index (χ1v) is 9.61. The lowest BCUT2D eigenvalue weighted by molar-refractivity contribution is -0.147. The molecule has 2 N–H and O–H groups in total. The third-order valence-corrected chi connectivity index (χ3v) is 4.49. The summed E-state index contributed by atoms with van der Waals surface area (Å²) in [5.74, 6) is -1.79. The van der Waals surface area contributed by atoms with Gasteiger partial charge in [-0.1, -0.05) is 23.7 Å². The van der Waals surface area contributed by atoms with Gasteiger partial charge in [0.15, 0.2) is 6.61 Å². The van der Waals surface area contributed by atoms with E-state index in [0.29, 0.717) is 10.7 Å². The average Bonchev–Trinajstić information content (AvgIpc) is 2.69. The van der Waals surface area contributed by atoms with Gasteiger partial charge in [-0.15, -0.1) is 0 Å². The van der Waals surface area contributed by atoms with E-state index < -0.39 is 30.2 Å². The Morgan fingerprint density at radius 1 is 0.968 bits per heavy atom. The summed E-state index contributed by atoms with van der Waals surface area (Å²) in [6.45, 7) is 1.18. The molecule has 0 aliphatic rings. The van der Waals surface area contributed by atoms with Gasteiger partial charge in [0.05, 0.1) is 5.56 Å². The van der Waals surface area contributed by atoms with Crippen molar-refractivity contribution in [2.24, 2.45) is 0 Å². The van der Waals surface area contributed by atoms with Crippen LogP contribution in [0.25, 0.3) is 0 Å². The third-order valence-electron chi connectivity index (χ3n) is 4.08. The summed E-state index contributed by atoms with van der Waals surface area (Å²) in [7, 11) is 0.